The highest BCUT2D eigenvalue weighted by Crippen LogP contribution is 2.34. The molecule has 0 aliphatic rings. The van der Waals surface area contributed by atoms with Crippen LogP contribution >= 0.6 is 22.7 Å². The van der Waals surface area contributed by atoms with Crippen molar-refractivity contribution in [3.05, 3.63) is 144 Å². The van der Waals surface area contributed by atoms with Crippen LogP contribution in [-0.4, -0.2) is 49.8 Å². The number of ether oxygens (including phenoxy) is 4. The number of aromatic nitrogens is 2. The molecule has 0 spiro atoms. The Morgan fingerprint density at radius 1 is 0.574 bits per heavy atom. The lowest BCUT2D eigenvalue weighted by atomic mass is 10.0. The summed E-state index contributed by atoms with van der Waals surface area (Å²) < 4.78 is 49.2. The highest BCUT2D eigenvalue weighted by atomic mass is 32.1. The van der Waals surface area contributed by atoms with E-state index in [2.05, 4.69) is 20.6 Å². The third-order valence-electron chi connectivity index (χ3n) is 9.40. The van der Waals surface area contributed by atoms with Crippen LogP contribution in [0.25, 0.3) is 42.7 Å². The van der Waals surface area contributed by atoms with Crippen LogP contribution < -0.4 is 20.1 Å². The molecule has 0 saturated carbocycles. The zero-order valence-corrected chi connectivity index (χ0v) is 35.2. The molecule has 2 aromatic heterocycles. The molecule has 14 heteroatoms. The molecule has 0 bridgehead atoms. The predicted molar refractivity (Wildman–Crippen MR) is 239 cm³/mol. The molecule has 0 saturated heterocycles. The molecule has 0 radical (unpaired) electrons. The first-order valence-electron chi connectivity index (χ1n) is 19.1. The summed E-state index contributed by atoms with van der Waals surface area (Å²) in [5.41, 5.74) is 7.84. The second-order valence-electron chi connectivity index (χ2n) is 13.5. The summed E-state index contributed by atoms with van der Waals surface area (Å²) in [5.74, 6) is -0.426. The Morgan fingerprint density at radius 2 is 1.02 bits per heavy atom. The molecule has 8 aromatic rings. The van der Waals surface area contributed by atoms with E-state index in [9.17, 15) is 18.4 Å². The van der Waals surface area contributed by atoms with Crippen LogP contribution in [0, 0.1) is 11.6 Å². The van der Waals surface area contributed by atoms with Crippen molar-refractivity contribution in [3.63, 3.8) is 0 Å². The maximum atomic E-state index is 13.4. The lowest BCUT2D eigenvalue weighted by molar-refractivity contribution is 0.0495. The van der Waals surface area contributed by atoms with Gasteiger partial charge in [-0.2, -0.15) is 0 Å². The highest BCUT2D eigenvalue weighted by Gasteiger charge is 2.16. The summed E-state index contributed by atoms with van der Waals surface area (Å²) in [5, 5.41) is 7.90. The van der Waals surface area contributed by atoms with Gasteiger partial charge in [-0.1, -0.05) is 72.4 Å². The fourth-order valence-corrected chi connectivity index (χ4v) is 8.04. The van der Waals surface area contributed by atoms with Gasteiger partial charge in [0.1, 0.15) is 34.3 Å². The number of unbranched alkanes of at least 4 members (excludes halogenated alkanes) is 1. The van der Waals surface area contributed by atoms with Gasteiger partial charge in [0.15, 0.2) is 10.3 Å². The van der Waals surface area contributed by atoms with Gasteiger partial charge in [-0.05, 0) is 114 Å². The minimum Gasteiger partial charge on any atom is -0.496 e. The van der Waals surface area contributed by atoms with E-state index in [4.69, 9.17) is 18.9 Å². The fraction of sp³-hybridized carbons (Fsp3) is 0.149. The minimum atomic E-state index is -0.441. The van der Waals surface area contributed by atoms with Crippen LogP contribution in [0.5, 0.6) is 11.5 Å². The van der Waals surface area contributed by atoms with E-state index in [0.717, 1.165) is 66.9 Å². The second kappa shape index (κ2) is 19.4. The van der Waals surface area contributed by atoms with Crippen molar-refractivity contribution in [2.24, 2.45) is 0 Å². The van der Waals surface area contributed by atoms with Crippen LogP contribution in [0.15, 0.2) is 121 Å². The third kappa shape index (κ3) is 10.3. The molecular formula is C47H40F2N4O6S2. The molecule has 0 fully saturated rings. The van der Waals surface area contributed by atoms with E-state index in [-0.39, 0.29) is 17.6 Å². The number of anilines is 4. The van der Waals surface area contributed by atoms with Gasteiger partial charge >= 0.3 is 11.9 Å². The van der Waals surface area contributed by atoms with Gasteiger partial charge in [-0.15, -0.1) is 0 Å². The van der Waals surface area contributed by atoms with Crippen molar-refractivity contribution in [3.8, 4) is 33.8 Å². The monoisotopic (exact) mass is 858 g/mol. The zero-order valence-electron chi connectivity index (χ0n) is 33.6. The summed E-state index contributed by atoms with van der Waals surface area (Å²) in [6.07, 6.45) is 1.80. The Balaban J connectivity index is 0.000000185. The SMILES string of the molecule is CCCCOC(=O)c1ccc(-c2ccc(Nc3nc4ccc(F)cc4s3)cc2)cc1OC.COC(=O)c1ccc(-c2ccc(Nc3nc4ccc(F)cc4s3)cc2)cc1OC. The molecule has 0 aliphatic carbocycles. The second-order valence-corrected chi connectivity index (χ2v) is 15.5. The summed E-state index contributed by atoms with van der Waals surface area (Å²) in [6.45, 7) is 2.45. The molecule has 6 aromatic carbocycles. The van der Waals surface area contributed by atoms with E-state index < -0.39 is 5.97 Å². The maximum Gasteiger partial charge on any atom is 0.341 e. The van der Waals surface area contributed by atoms with Crippen molar-refractivity contribution < 1.29 is 37.3 Å². The largest absolute Gasteiger partial charge is 0.496 e. The number of nitrogens with zero attached hydrogens (tertiary/aromatic N) is 2. The Hall–Kier alpha value is -6.90. The molecular weight excluding hydrogens is 819 g/mol. The molecule has 8 rings (SSSR count). The van der Waals surface area contributed by atoms with E-state index in [1.807, 2.05) is 73.7 Å². The number of hydrogen-bond acceptors (Lipinski definition) is 12. The van der Waals surface area contributed by atoms with Gasteiger partial charge in [-0.3, -0.25) is 0 Å². The number of rotatable bonds is 13. The summed E-state index contributed by atoms with van der Waals surface area (Å²) in [6, 6.07) is 35.5. The van der Waals surface area contributed by atoms with Crippen molar-refractivity contribution >= 4 is 76.7 Å². The molecule has 0 aliphatic heterocycles. The summed E-state index contributed by atoms with van der Waals surface area (Å²) >= 11 is 2.80. The number of benzene rings is 6. The summed E-state index contributed by atoms with van der Waals surface area (Å²) in [7, 11) is 4.39. The quantitative estimate of drug-likeness (QED) is 0.0856. The van der Waals surface area contributed by atoms with E-state index in [0.29, 0.717) is 39.5 Å². The minimum absolute atomic E-state index is 0.271. The number of esters is 2. The van der Waals surface area contributed by atoms with Crippen molar-refractivity contribution in [1.82, 2.24) is 9.97 Å². The number of methoxy groups -OCH3 is 3. The fourth-order valence-electron chi connectivity index (χ4n) is 6.22. The average molecular weight is 859 g/mol. The van der Waals surface area contributed by atoms with E-state index >= 15 is 0 Å². The standard InChI is InChI=1S/C25H23FN2O3S.C22H17FN2O3S/c1-3-4-13-31-24(29)20-11-7-17(14-22(20)30-2)16-5-9-19(10-6-16)27-25-28-21-12-8-18(26)15-23(21)32-25;1-27-19-11-14(5-9-17(19)21(26)28-2)13-3-7-16(8-4-13)24-22-25-18-10-6-15(23)12-20(18)29-22/h5-12,14-15H,3-4,13H2,1-2H3,(H,27,28);3-12H,1-2H3,(H,24,25). The van der Waals surface area contributed by atoms with Gasteiger partial charge < -0.3 is 29.6 Å². The molecule has 10 nitrogen and oxygen atoms in total. The van der Waals surface area contributed by atoms with Crippen LogP contribution in [0.1, 0.15) is 40.5 Å². The molecule has 310 valence electrons. The van der Waals surface area contributed by atoms with Crippen molar-refractivity contribution in [2.75, 3.05) is 38.6 Å². The van der Waals surface area contributed by atoms with Gasteiger partial charge in [0.05, 0.1) is 48.4 Å². The molecule has 0 unspecified atom stereocenters. The average Bonchev–Trinajstić information content (AvgIpc) is 3.88. The number of carbonyl (C=O) groups is 2. The smallest absolute Gasteiger partial charge is 0.341 e. The first-order valence-corrected chi connectivity index (χ1v) is 20.8. The first-order chi connectivity index (χ1) is 29.6. The van der Waals surface area contributed by atoms with Crippen LogP contribution in [0.3, 0.4) is 0 Å². The topological polar surface area (TPSA) is 121 Å². The predicted octanol–water partition coefficient (Wildman–Crippen LogP) is 12.5. The van der Waals surface area contributed by atoms with Gasteiger partial charge in [0, 0.05) is 11.4 Å². The Kier molecular flexibility index (Phi) is 13.5. The van der Waals surface area contributed by atoms with Crippen LogP contribution in [0.2, 0.25) is 0 Å². The van der Waals surface area contributed by atoms with Crippen molar-refractivity contribution in [2.45, 2.75) is 19.8 Å². The Morgan fingerprint density at radius 3 is 1.44 bits per heavy atom. The number of nitrogens with one attached hydrogen (secondary N) is 2. The molecule has 61 heavy (non-hydrogen) atoms. The molecule has 2 N–H and O–H groups in total. The number of halogens is 2. The molecule has 0 atom stereocenters. The third-order valence-corrected chi connectivity index (χ3v) is 11.3. The Labute approximate surface area is 358 Å². The van der Waals surface area contributed by atoms with Crippen LogP contribution in [-0.2, 0) is 9.47 Å². The van der Waals surface area contributed by atoms with Crippen LogP contribution in [0.4, 0.5) is 30.4 Å². The number of hydrogen-bond donors (Lipinski definition) is 2. The zero-order chi connectivity index (χ0) is 42.9. The normalized spacial score (nSPS) is 10.8. The molecule has 2 heterocycles. The highest BCUT2D eigenvalue weighted by molar-refractivity contribution is 7.22. The summed E-state index contributed by atoms with van der Waals surface area (Å²) in [4.78, 5) is 33.1. The lowest BCUT2D eigenvalue weighted by Gasteiger charge is -2.11. The first kappa shape index (κ1) is 42.2. The lowest BCUT2D eigenvalue weighted by Crippen LogP contribution is -2.08. The molecule has 0 amide bonds. The van der Waals surface area contributed by atoms with Crippen molar-refractivity contribution in [1.29, 1.82) is 0 Å². The van der Waals surface area contributed by atoms with Gasteiger partial charge in [0.25, 0.3) is 0 Å². The number of carbonyl (C=O) groups excluding carboxylic acids is 2. The van der Waals surface area contributed by atoms with E-state index in [1.165, 1.54) is 61.2 Å². The Bertz CT molecular complexity index is 2810. The van der Waals surface area contributed by atoms with Gasteiger partial charge in [-0.25, -0.2) is 28.3 Å². The number of fused-ring (bicyclic) bond motifs is 2. The van der Waals surface area contributed by atoms with Gasteiger partial charge in [0.2, 0.25) is 0 Å². The maximum absolute atomic E-state index is 13.4. The number of thiazole rings is 2. The van der Waals surface area contributed by atoms with E-state index in [1.54, 1.807) is 37.4 Å².